The van der Waals surface area contributed by atoms with Gasteiger partial charge in [-0.15, -0.1) is 0 Å². The molecule has 1 saturated carbocycles. The van der Waals surface area contributed by atoms with Gasteiger partial charge in [0.25, 0.3) is 0 Å². The number of carbonyl (C=O) groups is 1. The predicted octanol–water partition coefficient (Wildman–Crippen LogP) is 6.89. The molecule has 3 unspecified atom stereocenters. The molecule has 4 aromatic rings. The summed E-state index contributed by atoms with van der Waals surface area (Å²) >= 11 is 0. The molecule has 5 rings (SSSR count). The molecule has 6 nitrogen and oxygen atoms in total. The summed E-state index contributed by atoms with van der Waals surface area (Å²) in [5.41, 5.74) is 7.14. The Hall–Kier alpha value is -3.74. The minimum Gasteiger partial charge on any atom is -0.466 e. The van der Waals surface area contributed by atoms with E-state index in [0.29, 0.717) is 25.6 Å². The molecule has 1 aromatic heterocycles. The lowest BCUT2D eigenvalue weighted by Gasteiger charge is -2.16. The van der Waals surface area contributed by atoms with Gasteiger partial charge in [0.1, 0.15) is 6.10 Å². The van der Waals surface area contributed by atoms with Gasteiger partial charge in [-0.05, 0) is 48.4 Å². The molecular weight excluding hydrogens is 478 g/mol. The van der Waals surface area contributed by atoms with Gasteiger partial charge in [-0.2, -0.15) is 0 Å². The fourth-order valence-electron chi connectivity index (χ4n) is 4.90. The van der Waals surface area contributed by atoms with E-state index in [4.69, 9.17) is 18.7 Å². The Kier molecular flexibility index (Phi) is 8.01. The van der Waals surface area contributed by atoms with E-state index in [-0.39, 0.29) is 23.9 Å². The summed E-state index contributed by atoms with van der Waals surface area (Å²) in [6, 6.07) is 26.8. The highest BCUT2D eigenvalue weighted by molar-refractivity contribution is 5.77. The van der Waals surface area contributed by atoms with Gasteiger partial charge in [-0.25, -0.2) is 0 Å². The molecular formula is C32H33NO5. The SMILES string of the molecule is CCOC(=O)C1CC1c1ccc(-c2ccc(-c3onc(C)c3C(COCc3ccccc3)OC)cc2)cc1. The number of nitrogens with zero attached hydrogens (tertiary/aromatic N) is 1. The summed E-state index contributed by atoms with van der Waals surface area (Å²) in [6.45, 7) is 5.10. The summed E-state index contributed by atoms with van der Waals surface area (Å²) in [5.74, 6) is 0.874. The van der Waals surface area contributed by atoms with Crippen LogP contribution in [0.5, 0.6) is 0 Å². The first-order valence-corrected chi connectivity index (χ1v) is 13.1. The molecule has 1 heterocycles. The quantitative estimate of drug-likeness (QED) is 0.204. The number of esters is 1. The first-order chi connectivity index (χ1) is 18.6. The molecule has 0 N–H and O–H groups in total. The highest BCUT2D eigenvalue weighted by Crippen LogP contribution is 2.48. The Morgan fingerprint density at radius 2 is 1.63 bits per heavy atom. The first kappa shape index (κ1) is 25.9. The number of aromatic nitrogens is 1. The zero-order valence-corrected chi connectivity index (χ0v) is 22.1. The number of ether oxygens (including phenoxy) is 3. The van der Waals surface area contributed by atoms with Gasteiger partial charge >= 0.3 is 5.97 Å². The lowest BCUT2D eigenvalue weighted by atomic mass is 9.98. The Morgan fingerprint density at radius 1 is 0.974 bits per heavy atom. The summed E-state index contributed by atoms with van der Waals surface area (Å²) in [6.07, 6.45) is 0.569. The predicted molar refractivity (Wildman–Crippen MR) is 145 cm³/mol. The molecule has 1 fully saturated rings. The third kappa shape index (κ3) is 5.72. The second-order valence-electron chi connectivity index (χ2n) is 9.64. The maximum absolute atomic E-state index is 12.0. The third-order valence-electron chi connectivity index (χ3n) is 7.09. The van der Waals surface area contributed by atoms with E-state index in [2.05, 4.69) is 41.6 Å². The monoisotopic (exact) mass is 511 g/mol. The summed E-state index contributed by atoms with van der Waals surface area (Å²) in [4.78, 5) is 12.0. The number of aryl methyl sites for hydroxylation is 1. The Labute approximate surface area is 223 Å². The number of rotatable bonds is 11. The van der Waals surface area contributed by atoms with Crippen molar-refractivity contribution in [3.05, 3.63) is 101 Å². The average molecular weight is 512 g/mol. The summed E-state index contributed by atoms with van der Waals surface area (Å²) in [5, 5.41) is 4.23. The fraction of sp³-hybridized carbons (Fsp3) is 0.312. The highest BCUT2D eigenvalue weighted by atomic mass is 16.5. The molecule has 0 saturated heterocycles. The lowest BCUT2D eigenvalue weighted by Crippen LogP contribution is -2.11. The zero-order valence-electron chi connectivity index (χ0n) is 22.1. The Balaban J connectivity index is 1.26. The van der Waals surface area contributed by atoms with E-state index in [1.807, 2.05) is 56.3 Å². The van der Waals surface area contributed by atoms with Crippen molar-refractivity contribution >= 4 is 5.97 Å². The van der Waals surface area contributed by atoms with Crippen molar-refractivity contribution in [3.63, 3.8) is 0 Å². The molecule has 0 amide bonds. The highest BCUT2D eigenvalue weighted by Gasteiger charge is 2.45. The molecule has 0 radical (unpaired) electrons. The second-order valence-corrected chi connectivity index (χ2v) is 9.64. The molecule has 0 spiro atoms. The van der Waals surface area contributed by atoms with Crippen LogP contribution in [0.2, 0.25) is 0 Å². The van der Waals surface area contributed by atoms with Crippen molar-refractivity contribution in [1.82, 2.24) is 5.16 Å². The van der Waals surface area contributed by atoms with Crippen LogP contribution < -0.4 is 0 Å². The number of carbonyl (C=O) groups excluding carboxylic acids is 1. The van der Waals surface area contributed by atoms with E-state index in [1.54, 1.807) is 7.11 Å². The van der Waals surface area contributed by atoms with Crippen molar-refractivity contribution in [2.24, 2.45) is 5.92 Å². The van der Waals surface area contributed by atoms with Gasteiger partial charge < -0.3 is 18.7 Å². The Morgan fingerprint density at radius 3 is 2.29 bits per heavy atom. The van der Waals surface area contributed by atoms with E-state index >= 15 is 0 Å². The van der Waals surface area contributed by atoms with Crippen molar-refractivity contribution in [2.75, 3.05) is 20.3 Å². The van der Waals surface area contributed by atoms with Crippen molar-refractivity contribution in [2.45, 2.75) is 38.9 Å². The second kappa shape index (κ2) is 11.8. The molecule has 196 valence electrons. The first-order valence-electron chi connectivity index (χ1n) is 13.1. The molecule has 6 heteroatoms. The lowest BCUT2D eigenvalue weighted by molar-refractivity contribution is -0.144. The van der Waals surface area contributed by atoms with Gasteiger partial charge in [-0.1, -0.05) is 84.0 Å². The maximum atomic E-state index is 12.0. The number of hydrogen-bond acceptors (Lipinski definition) is 6. The number of benzene rings is 3. The third-order valence-corrected chi connectivity index (χ3v) is 7.09. The van der Waals surface area contributed by atoms with Crippen LogP contribution in [0.15, 0.2) is 83.4 Å². The normalized spacial score (nSPS) is 17.2. The van der Waals surface area contributed by atoms with Crippen molar-refractivity contribution in [3.8, 4) is 22.5 Å². The summed E-state index contributed by atoms with van der Waals surface area (Å²) in [7, 11) is 1.68. The van der Waals surface area contributed by atoms with Crippen LogP contribution >= 0.6 is 0 Å². The van der Waals surface area contributed by atoms with Crippen molar-refractivity contribution in [1.29, 1.82) is 0 Å². The zero-order chi connectivity index (χ0) is 26.5. The van der Waals surface area contributed by atoms with Crippen LogP contribution in [-0.4, -0.2) is 31.4 Å². The van der Waals surface area contributed by atoms with Crippen LogP contribution in [0.1, 0.15) is 47.8 Å². The van der Waals surface area contributed by atoms with Gasteiger partial charge in [0.05, 0.1) is 37.0 Å². The molecule has 1 aliphatic carbocycles. The van der Waals surface area contributed by atoms with E-state index in [0.717, 1.165) is 39.9 Å². The number of methoxy groups -OCH3 is 1. The van der Waals surface area contributed by atoms with Gasteiger partial charge in [0.15, 0.2) is 5.76 Å². The maximum Gasteiger partial charge on any atom is 0.309 e. The van der Waals surface area contributed by atoms with Crippen LogP contribution in [0.25, 0.3) is 22.5 Å². The molecule has 3 aromatic carbocycles. The van der Waals surface area contributed by atoms with Gasteiger partial charge in [0, 0.05) is 12.7 Å². The van der Waals surface area contributed by atoms with Crippen LogP contribution in [0.3, 0.4) is 0 Å². The molecule has 0 aliphatic heterocycles. The van der Waals surface area contributed by atoms with Gasteiger partial charge in [-0.3, -0.25) is 4.79 Å². The minimum atomic E-state index is -0.298. The minimum absolute atomic E-state index is 0.000642. The fourth-order valence-corrected chi connectivity index (χ4v) is 4.90. The Bertz CT molecular complexity index is 1350. The van der Waals surface area contributed by atoms with Gasteiger partial charge in [0.2, 0.25) is 0 Å². The average Bonchev–Trinajstić information content (AvgIpc) is 3.68. The molecule has 3 atom stereocenters. The topological polar surface area (TPSA) is 70.8 Å². The number of hydrogen-bond donors (Lipinski definition) is 0. The van der Waals surface area contributed by atoms with Crippen LogP contribution in [-0.2, 0) is 25.6 Å². The van der Waals surface area contributed by atoms with E-state index in [9.17, 15) is 4.79 Å². The van der Waals surface area contributed by atoms with Crippen LogP contribution in [0.4, 0.5) is 0 Å². The van der Waals surface area contributed by atoms with Crippen molar-refractivity contribution < 1.29 is 23.5 Å². The molecule has 38 heavy (non-hydrogen) atoms. The van der Waals surface area contributed by atoms with Crippen LogP contribution in [0, 0.1) is 12.8 Å². The molecule has 0 bridgehead atoms. The largest absolute Gasteiger partial charge is 0.466 e. The van der Waals surface area contributed by atoms with E-state index < -0.39 is 0 Å². The smallest absolute Gasteiger partial charge is 0.309 e. The summed E-state index contributed by atoms with van der Waals surface area (Å²) < 4.78 is 22.7. The van der Waals surface area contributed by atoms with E-state index in [1.165, 1.54) is 5.56 Å². The standard InChI is InChI=1S/C32H33NO5/c1-4-37-32(34)28-18-27(28)25-14-10-23(11-15-25)24-12-16-26(17-13-24)31-30(21(2)33-38-31)29(35-3)20-36-19-22-8-6-5-7-9-22/h5-17,27-29H,4,18-20H2,1-3H3. The molecule has 1 aliphatic rings.